The minimum Gasteiger partial charge on any atom is -0.365 e. The zero-order chi connectivity index (χ0) is 11.7. The summed E-state index contributed by atoms with van der Waals surface area (Å²) in [4.78, 5) is 13.8. The highest BCUT2D eigenvalue weighted by atomic mass is 35.5. The molecule has 0 atom stereocenters. The second-order valence-electron chi connectivity index (χ2n) is 2.91. The third-order valence-corrected chi connectivity index (χ3v) is 2.00. The standard InChI is InChI=1S/C8H5ClN4O3/c9-5-1-4(2-6(3-5)13(14)15)7-11-8(10)12-16-7/h1-3H,(H2,10,12). The van der Waals surface area contributed by atoms with Crippen molar-refractivity contribution in [2.75, 3.05) is 5.73 Å². The van der Waals surface area contributed by atoms with Crippen LogP contribution < -0.4 is 5.73 Å². The highest BCUT2D eigenvalue weighted by molar-refractivity contribution is 6.31. The molecule has 0 radical (unpaired) electrons. The van der Waals surface area contributed by atoms with Crippen LogP contribution in [0.15, 0.2) is 22.7 Å². The van der Waals surface area contributed by atoms with Gasteiger partial charge in [0.2, 0.25) is 0 Å². The van der Waals surface area contributed by atoms with Gasteiger partial charge in [-0.05, 0) is 11.2 Å². The minimum absolute atomic E-state index is 0.0439. The molecule has 1 aromatic carbocycles. The Balaban J connectivity index is 2.53. The summed E-state index contributed by atoms with van der Waals surface area (Å²) in [6.45, 7) is 0. The number of benzene rings is 1. The lowest BCUT2D eigenvalue weighted by molar-refractivity contribution is -0.384. The van der Waals surface area contributed by atoms with Gasteiger partial charge < -0.3 is 10.3 Å². The third-order valence-electron chi connectivity index (χ3n) is 1.78. The SMILES string of the molecule is Nc1noc(-c2cc(Cl)cc([N+](=O)[O-])c2)n1. The molecular weight excluding hydrogens is 236 g/mol. The molecular formula is C8H5ClN4O3. The van der Waals surface area contributed by atoms with Crippen molar-refractivity contribution in [2.45, 2.75) is 0 Å². The second kappa shape index (κ2) is 3.78. The van der Waals surface area contributed by atoms with E-state index in [-0.39, 0.29) is 22.5 Å². The molecule has 2 rings (SSSR count). The monoisotopic (exact) mass is 240 g/mol. The molecule has 0 amide bonds. The zero-order valence-electron chi connectivity index (χ0n) is 7.75. The number of nitrogen functional groups attached to an aromatic ring is 1. The van der Waals surface area contributed by atoms with Crippen molar-refractivity contribution in [2.24, 2.45) is 0 Å². The van der Waals surface area contributed by atoms with E-state index < -0.39 is 4.92 Å². The van der Waals surface area contributed by atoms with E-state index in [1.807, 2.05) is 0 Å². The van der Waals surface area contributed by atoms with Gasteiger partial charge in [0.05, 0.1) is 4.92 Å². The number of nitrogens with zero attached hydrogens (tertiary/aromatic N) is 3. The van der Waals surface area contributed by atoms with Crippen LogP contribution in [0, 0.1) is 10.1 Å². The van der Waals surface area contributed by atoms with E-state index in [0.717, 1.165) is 0 Å². The molecule has 0 aliphatic heterocycles. The Morgan fingerprint density at radius 1 is 1.44 bits per heavy atom. The fraction of sp³-hybridized carbons (Fsp3) is 0. The van der Waals surface area contributed by atoms with Crippen LogP contribution in [0.25, 0.3) is 11.5 Å². The first-order valence-electron chi connectivity index (χ1n) is 4.11. The normalized spacial score (nSPS) is 10.3. The predicted molar refractivity (Wildman–Crippen MR) is 55.8 cm³/mol. The molecule has 0 saturated carbocycles. The van der Waals surface area contributed by atoms with Crippen molar-refractivity contribution >= 4 is 23.2 Å². The van der Waals surface area contributed by atoms with Crippen LogP contribution >= 0.6 is 11.6 Å². The summed E-state index contributed by atoms with van der Waals surface area (Å²) >= 11 is 5.73. The smallest absolute Gasteiger partial charge is 0.271 e. The van der Waals surface area contributed by atoms with Gasteiger partial charge in [0, 0.05) is 22.7 Å². The summed E-state index contributed by atoms with van der Waals surface area (Å²) in [5.41, 5.74) is 5.47. The number of nitro groups is 1. The number of halogens is 1. The van der Waals surface area contributed by atoms with Gasteiger partial charge >= 0.3 is 0 Å². The molecule has 82 valence electrons. The van der Waals surface area contributed by atoms with Crippen LogP contribution in [0.4, 0.5) is 11.6 Å². The summed E-state index contributed by atoms with van der Waals surface area (Å²) in [5.74, 6) is 0.0423. The van der Waals surface area contributed by atoms with Gasteiger partial charge in [-0.2, -0.15) is 4.98 Å². The first kappa shape index (κ1) is 10.4. The Bertz CT molecular complexity index is 554. The Hall–Kier alpha value is -2.15. The van der Waals surface area contributed by atoms with Crippen LogP contribution in [0.5, 0.6) is 0 Å². The average molecular weight is 241 g/mol. The number of anilines is 1. The van der Waals surface area contributed by atoms with Gasteiger partial charge in [-0.25, -0.2) is 0 Å². The molecule has 8 heteroatoms. The van der Waals surface area contributed by atoms with E-state index in [2.05, 4.69) is 10.1 Å². The molecule has 0 fully saturated rings. The highest BCUT2D eigenvalue weighted by Gasteiger charge is 2.14. The van der Waals surface area contributed by atoms with Crippen LogP contribution in [0.3, 0.4) is 0 Å². The molecule has 16 heavy (non-hydrogen) atoms. The van der Waals surface area contributed by atoms with Crippen molar-refractivity contribution in [3.63, 3.8) is 0 Å². The van der Waals surface area contributed by atoms with Crippen LogP contribution in [-0.4, -0.2) is 15.1 Å². The fourth-order valence-electron chi connectivity index (χ4n) is 1.16. The maximum absolute atomic E-state index is 10.6. The number of non-ortho nitro benzene ring substituents is 1. The quantitative estimate of drug-likeness (QED) is 0.634. The Morgan fingerprint density at radius 3 is 2.75 bits per heavy atom. The minimum atomic E-state index is -0.560. The predicted octanol–water partition coefficient (Wildman–Crippen LogP) is 1.88. The molecule has 2 aromatic rings. The summed E-state index contributed by atoms with van der Waals surface area (Å²) in [5, 5.41) is 14.2. The molecule has 0 aliphatic carbocycles. The Morgan fingerprint density at radius 2 is 2.19 bits per heavy atom. The molecule has 0 aliphatic rings. The lowest BCUT2D eigenvalue weighted by atomic mass is 10.2. The number of nitro benzene ring substituents is 1. The number of hydrogen-bond donors (Lipinski definition) is 1. The molecule has 1 heterocycles. The molecule has 7 nitrogen and oxygen atoms in total. The molecule has 1 aromatic heterocycles. The molecule has 2 N–H and O–H groups in total. The first-order valence-corrected chi connectivity index (χ1v) is 4.48. The van der Waals surface area contributed by atoms with Gasteiger partial charge in [-0.1, -0.05) is 11.6 Å². The number of rotatable bonds is 2. The van der Waals surface area contributed by atoms with E-state index in [1.54, 1.807) is 0 Å². The second-order valence-corrected chi connectivity index (χ2v) is 3.35. The van der Waals surface area contributed by atoms with Crippen molar-refractivity contribution < 1.29 is 9.45 Å². The van der Waals surface area contributed by atoms with Gasteiger partial charge in [0.1, 0.15) is 0 Å². The van der Waals surface area contributed by atoms with Gasteiger partial charge in [-0.15, -0.1) is 0 Å². The molecule has 0 bridgehead atoms. The van der Waals surface area contributed by atoms with Gasteiger partial charge in [-0.3, -0.25) is 10.1 Å². The van der Waals surface area contributed by atoms with E-state index >= 15 is 0 Å². The largest absolute Gasteiger partial charge is 0.365 e. The number of hydrogen-bond acceptors (Lipinski definition) is 6. The average Bonchev–Trinajstić information content (AvgIpc) is 2.64. The van der Waals surface area contributed by atoms with E-state index in [4.69, 9.17) is 21.9 Å². The molecule has 0 saturated heterocycles. The lowest BCUT2D eigenvalue weighted by Crippen LogP contribution is -1.89. The van der Waals surface area contributed by atoms with Gasteiger partial charge in [0.15, 0.2) is 0 Å². The highest BCUT2D eigenvalue weighted by Crippen LogP contribution is 2.27. The van der Waals surface area contributed by atoms with E-state index in [0.29, 0.717) is 5.56 Å². The maximum Gasteiger partial charge on any atom is 0.271 e. The van der Waals surface area contributed by atoms with Crippen LogP contribution in [0.1, 0.15) is 0 Å². The van der Waals surface area contributed by atoms with Crippen molar-refractivity contribution in [3.05, 3.63) is 33.3 Å². The van der Waals surface area contributed by atoms with E-state index in [9.17, 15) is 10.1 Å². The van der Waals surface area contributed by atoms with Crippen molar-refractivity contribution in [1.29, 1.82) is 0 Å². The van der Waals surface area contributed by atoms with Gasteiger partial charge in [0.25, 0.3) is 17.5 Å². The number of nitrogens with two attached hydrogens (primary N) is 1. The Kier molecular flexibility index (Phi) is 2.45. The first-order chi connectivity index (χ1) is 7.56. The van der Waals surface area contributed by atoms with Crippen LogP contribution in [-0.2, 0) is 0 Å². The van der Waals surface area contributed by atoms with Crippen LogP contribution in [0.2, 0.25) is 5.02 Å². The number of aromatic nitrogens is 2. The van der Waals surface area contributed by atoms with E-state index in [1.165, 1.54) is 18.2 Å². The summed E-state index contributed by atoms with van der Waals surface area (Å²) in [6, 6.07) is 3.98. The lowest BCUT2D eigenvalue weighted by Gasteiger charge is -1.96. The Labute approximate surface area is 94.0 Å². The third kappa shape index (κ3) is 1.94. The maximum atomic E-state index is 10.6. The molecule has 0 unspecified atom stereocenters. The molecule has 0 spiro atoms. The van der Waals surface area contributed by atoms with Crippen molar-refractivity contribution in [1.82, 2.24) is 10.1 Å². The fourth-order valence-corrected chi connectivity index (χ4v) is 1.38. The topological polar surface area (TPSA) is 108 Å². The summed E-state index contributed by atoms with van der Waals surface area (Å²) in [6.07, 6.45) is 0. The summed E-state index contributed by atoms with van der Waals surface area (Å²) < 4.78 is 4.77. The zero-order valence-corrected chi connectivity index (χ0v) is 8.51. The van der Waals surface area contributed by atoms with Crippen molar-refractivity contribution in [3.8, 4) is 11.5 Å². The summed E-state index contributed by atoms with van der Waals surface area (Å²) in [7, 11) is 0.